The Hall–Kier alpha value is -1.65. The fraction of sp³-hybridized carbons (Fsp3) is 0.615. The molecule has 0 fully saturated rings. The minimum absolute atomic E-state index is 0.0666. The van der Waals surface area contributed by atoms with E-state index in [1.165, 1.54) is 6.20 Å². The lowest BCUT2D eigenvalue weighted by Gasteiger charge is -2.26. The van der Waals surface area contributed by atoms with E-state index in [4.69, 9.17) is 0 Å². The lowest BCUT2D eigenvalue weighted by Crippen LogP contribution is -2.35. The van der Waals surface area contributed by atoms with Crippen molar-refractivity contribution in [1.82, 2.24) is 14.9 Å². The number of hydrogen-bond donors (Lipinski definition) is 1. The van der Waals surface area contributed by atoms with Gasteiger partial charge in [-0.15, -0.1) is 0 Å². The van der Waals surface area contributed by atoms with Gasteiger partial charge in [0, 0.05) is 20.1 Å². The van der Waals surface area contributed by atoms with Gasteiger partial charge in [0.15, 0.2) is 0 Å². The monoisotopic (exact) mass is 250 g/mol. The molecule has 0 radical (unpaired) electrons. The highest BCUT2D eigenvalue weighted by atomic mass is 16.2. The molecule has 100 valence electrons. The minimum Gasteiger partial charge on any atom is -0.369 e. The third-order valence-electron chi connectivity index (χ3n) is 2.27. The maximum atomic E-state index is 12.2. The number of nitrogens with zero attached hydrogens (tertiary/aromatic N) is 3. The average molecular weight is 250 g/mol. The molecule has 1 heterocycles. The van der Waals surface area contributed by atoms with Crippen molar-refractivity contribution in [2.24, 2.45) is 5.41 Å². The van der Waals surface area contributed by atoms with E-state index in [9.17, 15) is 4.79 Å². The van der Waals surface area contributed by atoms with E-state index in [1.54, 1.807) is 18.1 Å². The van der Waals surface area contributed by atoms with Gasteiger partial charge in [0.05, 0.1) is 12.4 Å². The fourth-order valence-electron chi connectivity index (χ4n) is 1.71. The van der Waals surface area contributed by atoms with Gasteiger partial charge in [-0.25, -0.2) is 4.98 Å². The van der Waals surface area contributed by atoms with Crippen molar-refractivity contribution in [2.45, 2.75) is 27.7 Å². The van der Waals surface area contributed by atoms with Gasteiger partial charge in [-0.05, 0) is 12.3 Å². The van der Waals surface area contributed by atoms with Gasteiger partial charge in [0.2, 0.25) is 0 Å². The highest BCUT2D eigenvalue weighted by molar-refractivity contribution is 5.92. The van der Waals surface area contributed by atoms with Gasteiger partial charge in [-0.2, -0.15) is 0 Å². The Morgan fingerprint density at radius 2 is 2.06 bits per heavy atom. The summed E-state index contributed by atoms with van der Waals surface area (Å²) in [6, 6.07) is 0. The molecule has 0 aromatic carbocycles. The number of carbonyl (C=O) groups excluding carboxylic acids is 1. The maximum Gasteiger partial charge on any atom is 0.273 e. The van der Waals surface area contributed by atoms with Gasteiger partial charge >= 0.3 is 0 Å². The van der Waals surface area contributed by atoms with E-state index in [-0.39, 0.29) is 11.3 Å². The summed E-state index contributed by atoms with van der Waals surface area (Å²) in [6.45, 7) is 9.69. The zero-order chi connectivity index (χ0) is 13.8. The van der Waals surface area contributed by atoms with Crippen LogP contribution in [0.15, 0.2) is 12.4 Å². The molecule has 1 rings (SSSR count). The van der Waals surface area contributed by atoms with E-state index >= 15 is 0 Å². The molecule has 1 N–H and O–H groups in total. The molecule has 0 saturated carbocycles. The van der Waals surface area contributed by atoms with E-state index in [0.717, 1.165) is 6.54 Å². The standard InChI is InChI=1S/C13H22N4O/c1-6-15-11-8-14-7-10(16-11)12(18)17(5)9-13(2,3)4/h7-8H,6,9H2,1-5H3,(H,15,16). The van der Waals surface area contributed by atoms with E-state index in [0.29, 0.717) is 18.1 Å². The molecule has 1 aromatic heterocycles. The molecular formula is C13H22N4O. The Labute approximate surface area is 109 Å². The number of anilines is 1. The second-order valence-corrected chi connectivity index (χ2v) is 5.54. The van der Waals surface area contributed by atoms with Crippen LogP contribution in [0.1, 0.15) is 38.2 Å². The molecule has 0 bridgehead atoms. The van der Waals surface area contributed by atoms with Crippen LogP contribution >= 0.6 is 0 Å². The molecule has 1 amide bonds. The van der Waals surface area contributed by atoms with Crippen LogP contribution in [0.3, 0.4) is 0 Å². The average Bonchev–Trinajstić information content (AvgIpc) is 2.26. The molecule has 0 spiro atoms. The van der Waals surface area contributed by atoms with Crippen molar-refractivity contribution >= 4 is 11.7 Å². The van der Waals surface area contributed by atoms with Gasteiger partial charge in [-0.1, -0.05) is 20.8 Å². The predicted molar refractivity (Wildman–Crippen MR) is 72.6 cm³/mol. The summed E-state index contributed by atoms with van der Waals surface area (Å²) >= 11 is 0. The summed E-state index contributed by atoms with van der Waals surface area (Å²) in [4.78, 5) is 22.1. The molecule has 0 unspecified atom stereocenters. The summed E-state index contributed by atoms with van der Waals surface area (Å²) in [7, 11) is 1.79. The van der Waals surface area contributed by atoms with Gasteiger partial charge in [-0.3, -0.25) is 9.78 Å². The van der Waals surface area contributed by atoms with Crippen molar-refractivity contribution in [2.75, 3.05) is 25.5 Å². The van der Waals surface area contributed by atoms with Crippen molar-refractivity contribution in [3.8, 4) is 0 Å². The Morgan fingerprint density at radius 3 is 2.61 bits per heavy atom. The van der Waals surface area contributed by atoms with Crippen LogP contribution < -0.4 is 5.32 Å². The molecule has 0 aliphatic carbocycles. The second-order valence-electron chi connectivity index (χ2n) is 5.54. The third kappa shape index (κ3) is 4.31. The van der Waals surface area contributed by atoms with Crippen LogP contribution in [0.25, 0.3) is 0 Å². The predicted octanol–water partition coefficient (Wildman–Crippen LogP) is 2.03. The Kier molecular flexibility index (Phi) is 4.64. The first-order valence-electron chi connectivity index (χ1n) is 6.15. The topological polar surface area (TPSA) is 58.1 Å². The first kappa shape index (κ1) is 14.4. The SMILES string of the molecule is CCNc1cncc(C(=O)N(C)CC(C)(C)C)n1. The molecule has 0 atom stereocenters. The van der Waals surface area contributed by atoms with Crippen LogP contribution in [-0.4, -0.2) is 40.9 Å². The second kappa shape index (κ2) is 5.80. The third-order valence-corrected chi connectivity index (χ3v) is 2.27. The maximum absolute atomic E-state index is 12.2. The molecule has 5 nitrogen and oxygen atoms in total. The number of aromatic nitrogens is 2. The Bertz CT molecular complexity index is 412. The quantitative estimate of drug-likeness (QED) is 0.888. The molecular weight excluding hydrogens is 228 g/mol. The van der Waals surface area contributed by atoms with Gasteiger partial charge in [0.1, 0.15) is 11.5 Å². The smallest absolute Gasteiger partial charge is 0.273 e. The number of nitrogens with one attached hydrogen (secondary N) is 1. The Morgan fingerprint density at radius 1 is 1.39 bits per heavy atom. The summed E-state index contributed by atoms with van der Waals surface area (Å²) in [5.41, 5.74) is 0.442. The largest absolute Gasteiger partial charge is 0.369 e. The van der Waals surface area contributed by atoms with Crippen LogP contribution in [0, 0.1) is 5.41 Å². The molecule has 18 heavy (non-hydrogen) atoms. The normalized spacial score (nSPS) is 11.2. The van der Waals surface area contributed by atoms with Crippen LogP contribution in [0.4, 0.5) is 5.82 Å². The number of amides is 1. The highest BCUT2D eigenvalue weighted by Crippen LogP contribution is 2.15. The van der Waals surface area contributed by atoms with E-state index < -0.39 is 0 Å². The zero-order valence-corrected chi connectivity index (χ0v) is 11.8. The molecule has 0 aliphatic heterocycles. The van der Waals surface area contributed by atoms with Crippen molar-refractivity contribution < 1.29 is 4.79 Å². The molecule has 1 aromatic rings. The highest BCUT2D eigenvalue weighted by Gasteiger charge is 2.20. The van der Waals surface area contributed by atoms with Gasteiger partial charge in [0.25, 0.3) is 5.91 Å². The lowest BCUT2D eigenvalue weighted by atomic mass is 9.96. The van der Waals surface area contributed by atoms with Crippen LogP contribution in [0.5, 0.6) is 0 Å². The first-order valence-corrected chi connectivity index (χ1v) is 6.15. The van der Waals surface area contributed by atoms with Crippen molar-refractivity contribution in [3.63, 3.8) is 0 Å². The first-order chi connectivity index (χ1) is 8.33. The summed E-state index contributed by atoms with van der Waals surface area (Å²) in [5, 5.41) is 3.05. The van der Waals surface area contributed by atoms with Crippen LogP contribution in [0.2, 0.25) is 0 Å². The minimum atomic E-state index is -0.0998. The van der Waals surface area contributed by atoms with Crippen molar-refractivity contribution in [3.05, 3.63) is 18.1 Å². The summed E-state index contributed by atoms with van der Waals surface area (Å²) in [6.07, 6.45) is 3.12. The van der Waals surface area contributed by atoms with E-state index in [2.05, 4.69) is 36.1 Å². The van der Waals surface area contributed by atoms with Crippen LogP contribution in [-0.2, 0) is 0 Å². The van der Waals surface area contributed by atoms with Gasteiger partial charge < -0.3 is 10.2 Å². The van der Waals surface area contributed by atoms with E-state index in [1.807, 2.05) is 6.92 Å². The lowest BCUT2D eigenvalue weighted by molar-refractivity contribution is 0.0739. The Balaban J connectivity index is 2.80. The summed E-state index contributed by atoms with van der Waals surface area (Å²) < 4.78 is 0. The molecule has 0 aliphatic rings. The number of hydrogen-bond acceptors (Lipinski definition) is 4. The number of rotatable bonds is 4. The molecule has 5 heteroatoms. The number of carbonyl (C=O) groups is 1. The fourth-order valence-corrected chi connectivity index (χ4v) is 1.71. The van der Waals surface area contributed by atoms with Crippen molar-refractivity contribution in [1.29, 1.82) is 0 Å². The zero-order valence-electron chi connectivity index (χ0n) is 11.8. The molecule has 0 saturated heterocycles. The summed E-state index contributed by atoms with van der Waals surface area (Å²) in [5.74, 6) is 0.532.